The molecule has 1 saturated heterocycles. The van der Waals surface area contributed by atoms with E-state index in [1.54, 1.807) is 12.4 Å². The summed E-state index contributed by atoms with van der Waals surface area (Å²) >= 11 is 1.22. The molecule has 2 rings (SSSR count). The van der Waals surface area contributed by atoms with Crippen molar-refractivity contribution in [1.29, 1.82) is 0 Å². The molecule has 4 nitrogen and oxygen atoms in total. The summed E-state index contributed by atoms with van der Waals surface area (Å²) in [5, 5.41) is 0.0694. The van der Waals surface area contributed by atoms with Gasteiger partial charge in [-0.15, -0.1) is 0 Å². The summed E-state index contributed by atoms with van der Waals surface area (Å²) in [5.41, 5.74) is 1.15. The van der Waals surface area contributed by atoms with Crippen molar-refractivity contribution in [3.63, 3.8) is 0 Å². The number of carbonyl (C=O) groups excluding carboxylic acids is 2. The van der Waals surface area contributed by atoms with Gasteiger partial charge in [0.05, 0.1) is 6.04 Å². The number of hydrogen-bond acceptors (Lipinski definition) is 4. The minimum atomic E-state index is 0.0694. The minimum Gasteiger partial charge on any atom is -0.336 e. The lowest BCUT2D eigenvalue weighted by atomic mass is 10.1. The highest BCUT2D eigenvalue weighted by Crippen LogP contribution is 2.32. The number of hydrogen-bond donors (Lipinski definition) is 0. The maximum atomic E-state index is 12.2. The van der Waals surface area contributed by atoms with Crippen molar-refractivity contribution < 1.29 is 9.59 Å². The monoisotopic (exact) mass is 278 g/mol. The Morgan fingerprint density at radius 1 is 1.42 bits per heavy atom. The summed E-state index contributed by atoms with van der Waals surface area (Å²) < 4.78 is 0. The molecular formula is C14H18N2O2S. The Hall–Kier alpha value is -1.36. The summed E-state index contributed by atoms with van der Waals surface area (Å²) in [6.07, 6.45) is 6.02. The van der Waals surface area contributed by atoms with Crippen molar-refractivity contribution >= 4 is 22.8 Å². The van der Waals surface area contributed by atoms with E-state index >= 15 is 0 Å². The Balaban J connectivity index is 1.95. The molecule has 0 saturated carbocycles. The van der Waals surface area contributed by atoms with Gasteiger partial charge in [-0.1, -0.05) is 11.8 Å². The maximum Gasteiger partial charge on any atom is 0.223 e. The molecule has 1 atom stereocenters. The van der Waals surface area contributed by atoms with E-state index < -0.39 is 0 Å². The van der Waals surface area contributed by atoms with Crippen LogP contribution in [-0.2, 0) is 9.59 Å². The van der Waals surface area contributed by atoms with E-state index in [4.69, 9.17) is 0 Å². The molecule has 1 aromatic rings. The van der Waals surface area contributed by atoms with E-state index in [1.165, 1.54) is 18.7 Å². The van der Waals surface area contributed by atoms with Crippen LogP contribution in [0.2, 0.25) is 0 Å². The lowest BCUT2D eigenvalue weighted by molar-refractivity contribution is -0.131. The van der Waals surface area contributed by atoms with Crippen molar-refractivity contribution in [3.8, 4) is 0 Å². The number of aromatic nitrogens is 1. The smallest absolute Gasteiger partial charge is 0.223 e. The zero-order valence-corrected chi connectivity index (χ0v) is 11.9. The molecule has 19 heavy (non-hydrogen) atoms. The summed E-state index contributed by atoms with van der Waals surface area (Å²) in [4.78, 5) is 29.0. The molecule has 1 aliphatic heterocycles. The van der Waals surface area contributed by atoms with Gasteiger partial charge in [0.1, 0.15) is 0 Å². The SMILES string of the molecule is CC(=O)SCCC(=O)N1CCC[C@@H]1c1ccncc1. The second-order valence-electron chi connectivity index (χ2n) is 4.62. The Morgan fingerprint density at radius 3 is 2.84 bits per heavy atom. The topological polar surface area (TPSA) is 50.3 Å². The van der Waals surface area contributed by atoms with Gasteiger partial charge in [0, 0.05) is 38.0 Å². The zero-order valence-electron chi connectivity index (χ0n) is 11.0. The van der Waals surface area contributed by atoms with Gasteiger partial charge in [-0.3, -0.25) is 14.6 Å². The zero-order chi connectivity index (χ0) is 13.7. The van der Waals surface area contributed by atoms with Gasteiger partial charge in [-0.25, -0.2) is 0 Å². The van der Waals surface area contributed by atoms with Gasteiger partial charge in [0.25, 0.3) is 0 Å². The molecule has 1 aliphatic rings. The number of rotatable bonds is 4. The standard InChI is InChI=1S/C14H18N2O2S/c1-11(17)19-10-6-14(18)16-9-2-3-13(16)12-4-7-15-8-5-12/h4-5,7-8,13H,2-3,6,9-10H2,1H3/t13-/m1/s1. The fourth-order valence-corrected chi connectivity index (χ4v) is 2.99. The van der Waals surface area contributed by atoms with Crippen LogP contribution in [0.15, 0.2) is 24.5 Å². The van der Waals surface area contributed by atoms with Crippen molar-refractivity contribution in [2.45, 2.75) is 32.2 Å². The van der Waals surface area contributed by atoms with Crippen LogP contribution in [0, 0.1) is 0 Å². The fourth-order valence-electron chi connectivity index (χ4n) is 2.42. The van der Waals surface area contributed by atoms with Crippen molar-refractivity contribution in [3.05, 3.63) is 30.1 Å². The van der Waals surface area contributed by atoms with Crippen LogP contribution in [0.1, 0.15) is 37.8 Å². The number of nitrogens with zero attached hydrogens (tertiary/aromatic N) is 2. The summed E-state index contributed by atoms with van der Waals surface area (Å²) in [7, 11) is 0. The van der Waals surface area contributed by atoms with E-state index in [9.17, 15) is 9.59 Å². The van der Waals surface area contributed by atoms with Crippen molar-refractivity contribution in [1.82, 2.24) is 9.88 Å². The first-order valence-corrected chi connectivity index (χ1v) is 7.50. The van der Waals surface area contributed by atoms with Crippen LogP contribution in [0.3, 0.4) is 0 Å². The molecule has 102 valence electrons. The molecule has 0 bridgehead atoms. The normalized spacial score (nSPS) is 18.6. The van der Waals surface area contributed by atoms with E-state index in [2.05, 4.69) is 4.98 Å². The third kappa shape index (κ3) is 3.80. The van der Waals surface area contributed by atoms with Crippen molar-refractivity contribution in [2.75, 3.05) is 12.3 Å². The maximum absolute atomic E-state index is 12.2. The lowest BCUT2D eigenvalue weighted by Gasteiger charge is -2.25. The van der Waals surface area contributed by atoms with Gasteiger partial charge < -0.3 is 4.90 Å². The first-order chi connectivity index (χ1) is 9.18. The van der Waals surface area contributed by atoms with E-state index in [0.717, 1.165) is 24.9 Å². The van der Waals surface area contributed by atoms with Gasteiger partial charge in [-0.2, -0.15) is 0 Å². The molecule has 0 aliphatic carbocycles. The van der Waals surface area contributed by atoms with Crippen molar-refractivity contribution in [2.24, 2.45) is 0 Å². The predicted octanol–water partition coefficient (Wildman–Crippen LogP) is 2.41. The Bertz CT molecular complexity index is 450. The molecule has 1 fully saturated rings. The quantitative estimate of drug-likeness (QED) is 0.848. The Labute approximate surface area is 117 Å². The fraction of sp³-hybridized carbons (Fsp3) is 0.500. The second-order valence-corrected chi connectivity index (χ2v) is 5.89. The first-order valence-electron chi connectivity index (χ1n) is 6.51. The van der Waals surface area contributed by atoms with E-state index in [-0.39, 0.29) is 17.1 Å². The third-order valence-corrected chi connectivity index (χ3v) is 4.10. The lowest BCUT2D eigenvalue weighted by Crippen LogP contribution is -2.30. The summed E-state index contributed by atoms with van der Waals surface area (Å²) in [6.45, 7) is 2.35. The number of likely N-dealkylation sites (tertiary alicyclic amines) is 1. The highest BCUT2D eigenvalue weighted by Gasteiger charge is 2.29. The number of thioether (sulfide) groups is 1. The first kappa shape index (κ1) is 14.1. The summed E-state index contributed by atoms with van der Waals surface area (Å²) in [5.74, 6) is 0.723. The highest BCUT2D eigenvalue weighted by atomic mass is 32.2. The molecule has 0 aromatic carbocycles. The predicted molar refractivity (Wildman–Crippen MR) is 75.7 cm³/mol. The number of carbonyl (C=O) groups is 2. The molecule has 5 heteroatoms. The van der Waals surface area contributed by atoms with Crippen LogP contribution in [0.25, 0.3) is 0 Å². The Kier molecular flexibility index (Phi) is 4.96. The van der Waals surface area contributed by atoms with Crippen LogP contribution >= 0.6 is 11.8 Å². The van der Waals surface area contributed by atoms with Gasteiger partial charge >= 0.3 is 0 Å². The van der Waals surface area contributed by atoms with Crippen LogP contribution in [0.4, 0.5) is 0 Å². The highest BCUT2D eigenvalue weighted by molar-refractivity contribution is 8.13. The third-order valence-electron chi connectivity index (χ3n) is 3.29. The number of amides is 1. The molecule has 1 aromatic heterocycles. The molecule has 0 spiro atoms. The number of pyridine rings is 1. The molecular weight excluding hydrogens is 260 g/mol. The minimum absolute atomic E-state index is 0.0694. The molecule has 1 amide bonds. The molecule has 2 heterocycles. The van der Waals surface area contributed by atoms with Crippen LogP contribution < -0.4 is 0 Å². The average Bonchev–Trinajstić information content (AvgIpc) is 2.88. The summed E-state index contributed by atoms with van der Waals surface area (Å²) in [6, 6.07) is 4.12. The molecule has 0 N–H and O–H groups in total. The van der Waals surface area contributed by atoms with Gasteiger partial charge in [-0.05, 0) is 30.5 Å². The molecule has 0 unspecified atom stereocenters. The van der Waals surface area contributed by atoms with E-state index in [0.29, 0.717) is 12.2 Å². The second kappa shape index (κ2) is 6.70. The largest absolute Gasteiger partial charge is 0.336 e. The van der Waals surface area contributed by atoms with Gasteiger partial charge in [0.2, 0.25) is 5.91 Å². The van der Waals surface area contributed by atoms with E-state index in [1.807, 2.05) is 17.0 Å². The van der Waals surface area contributed by atoms with Gasteiger partial charge in [0.15, 0.2) is 5.12 Å². The Morgan fingerprint density at radius 2 is 2.16 bits per heavy atom. The van der Waals surface area contributed by atoms with Crippen LogP contribution in [-0.4, -0.2) is 33.2 Å². The van der Waals surface area contributed by atoms with Crippen LogP contribution in [0.5, 0.6) is 0 Å². The molecule has 0 radical (unpaired) electrons. The average molecular weight is 278 g/mol.